The molecule has 0 aliphatic carbocycles. The standard InChI is InChI=1S/C6H13N3O/c1-10-5-3-8-9-4-2-7-6-9/h6,8H,2-5H2,1H3. The molecular weight excluding hydrogens is 130 g/mol. The molecular formula is C6H13N3O. The number of nitrogens with one attached hydrogen (secondary N) is 1. The molecule has 10 heavy (non-hydrogen) atoms. The van der Waals surface area contributed by atoms with Gasteiger partial charge in [0.05, 0.1) is 26.0 Å². The maximum atomic E-state index is 4.87. The molecule has 0 aromatic carbocycles. The van der Waals surface area contributed by atoms with Crippen LogP contribution in [0.3, 0.4) is 0 Å². The van der Waals surface area contributed by atoms with Gasteiger partial charge < -0.3 is 4.74 Å². The van der Waals surface area contributed by atoms with E-state index >= 15 is 0 Å². The third-order valence-corrected chi connectivity index (χ3v) is 1.31. The summed E-state index contributed by atoms with van der Waals surface area (Å²) in [6.45, 7) is 3.47. The number of hydrazine groups is 1. The first-order chi connectivity index (χ1) is 4.93. The van der Waals surface area contributed by atoms with Crippen molar-refractivity contribution in [3.05, 3.63) is 0 Å². The summed E-state index contributed by atoms with van der Waals surface area (Å²) in [5.74, 6) is 0. The van der Waals surface area contributed by atoms with E-state index in [0.29, 0.717) is 0 Å². The largest absolute Gasteiger partial charge is 0.383 e. The highest BCUT2D eigenvalue weighted by Crippen LogP contribution is 1.86. The van der Waals surface area contributed by atoms with Crippen LogP contribution < -0.4 is 5.43 Å². The Balaban J connectivity index is 1.97. The van der Waals surface area contributed by atoms with E-state index in [2.05, 4.69) is 10.4 Å². The van der Waals surface area contributed by atoms with Crippen molar-refractivity contribution in [1.82, 2.24) is 10.4 Å². The minimum atomic E-state index is 0.740. The zero-order chi connectivity index (χ0) is 7.23. The fourth-order valence-electron chi connectivity index (χ4n) is 0.791. The van der Waals surface area contributed by atoms with Crippen LogP contribution in [0.25, 0.3) is 0 Å². The summed E-state index contributed by atoms with van der Waals surface area (Å²) in [5, 5.41) is 1.97. The van der Waals surface area contributed by atoms with Gasteiger partial charge in [-0.25, -0.2) is 5.43 Å². The zero-order valence-corrected chi connectivity index (χ0v) is 6.21. The van der Waals surface area contributed by atoms with Gasteiger partial charge in [-0.3, -0.25) is 10.0 Å². The Labute approximate surface area is 60.8 Å². The molecule has 0 aromatic rings. The zero-order valence-electron chi connectivity index (χ0n) is 6.21. The molecule has 4 heteroatoms. The van der Waals surface area contributed by atoms with Crippen molar-refractivity contribution in [1.29, 1.82) is 0 Å². The summed E-state index contributed by atoms with van der Waals surface area (Å²) in [6, 6.07) is 0. The first kappa shape index (κ1) is 7.50. The van der Waals surface area contributed by atoms with E-state index in [1.165, 1.54) is 0 Å². The summed E-state index contributed by atoms with van der Waals surface area (Å²) in [6.07, 6.45) is 1.82. The van der Waals surface area contributed by atoms with Gasteiger partial charge in [-0.15, -0.1) is 0 Å². The number of methoxy groups -OCH3 is 1. The lowest BCUT2D eigenvalue weighted by Crippen LogP contribution is -2.37. The highest BCUT2D eigenvalue weighted by molar-refractivity contribution is 5.56. The average molecular weight is 143 g/mol. The van der Waals surface area contributed by atoms with E-state index in [0.717, 1.165) is 26.2 Å². The SMILES string of the molecule is COCCNN1C=NCC1. The highest BCUT2D eigenvalue weighted by Gasteiger charge is 2.01. The predicted octanol–water partition coefficient (Wildman–Crippen LogP) is -0.519. The van der Waals surface area contributed by atoms with Crippen LogP contribution in [0.1, 0.15) is 0 Å². The van der Waals surface area contributed by atoms with Crippen LogP contribution in [0, 0.1) is 0 Å². The van der Waals surface area contributed by atoms with Crippen LogP contribution in [0.2, 0.25) is 0 Å². The van der Waals surface area contributed by atoms with Gasteiger partial charge in [0.15, 0.2) is 0 Å². The second-order valence-corrected chi connectivity index (χ2v) is 2.12. The second kappa shape index (κ2) is 4.24. The highest BCUT2D eigenvalue weighted by atomic mass is 16.5. The van der Waals surface area contributed by atoms with Crippen molar-refractivity contribution >= 4 is 6.34 Å². The van der Waals surface area contributed by atoms with E-state index in [1.54, 1.807) is 7.11 Å². The number of aliphatic imine (C=N–C) groups is 1. The van der Waals surface area contributed by atoms with Crippen LogP contribution in [0.15, 0.2) is 4.99 Å². The molecule has 0 atom stereocenters. The van der Waals surface area contributed by atoms with E-state index in [-0.39, 0.29) is 0 Å². The Hall–Kier alpha value is -0.610. The lowest BCUT2D eigenvalue weighted by atomic mass is 10.6. The molecule has 0 unspecified atom stereocenters. The normalized spacial score (nSPS) is 16.7. The monoisotopic (exact) mass is 143 g/mol. The molecule has 1 heterocycles. The van der Waals surface area contributed by atoms with Crippen LogP contribution in [0.5, 0.6) is 0 Å². The molecule has 0 aromatic heterocycles. The smallest absolute Gasteiger partial charge is 0.0993 e. The summed E-state index contributed by atoms with van der Waals surface area (Å²) in [7, 11) is 1.69. The molecule has 1 N–H and O–H groups in total. The van der Waals surface area contributed by atoms with Gasteiger partial charge in [0.25, 0.3) is 0 Å². The van der Waals surface area contributed by atoms with Gasteiger partial charge in [-0.1, -0.05) is 0 Å². The molecule has 0 fully saturated rings. The number of rotatable bonds is 4. The lowest BCUT2D eigenvalue weighted by molar-refractivity contribution is 0.180. The number of ether oxygens (including phenoxy) is 1. The number of hydrogen-bond donors (Lipinski definition) is 1. The minimum Gasteiger partial charge on any atom is -0.383 e. The van der Waals surface area contributed by atoms with Gasteiger partial charge in [0, 0.05) is 13.7 Å². The van der Waals surface area contributed by atoms with Gasteiger partial charge in [0.2, 0.25) is 0 Å². The van der Waals surface area contributed by atoms with Gasteiger partial charge in [-0.05, 0) is 0 Å². The van der Waals surface area contributed by atoms with Gasteiger partial charge >= 0.3 is 0 Å². The molecule has 0 spiro atoms. The third-order valence-electron chi connectivity index (χ3n) is 1.31. The molecule has 1 aliphatic rings. The van der Waals surface area contributed by atoms with Gasteiger partial charge in [-0.2, -0.15) is 0 Å². The van der Waals surface area contributed by atoms with E-state index < -0.39 is 0 Å². The molecule has 4 nitrogen and oxygen atoms in total. The lowest BCUT2D eigenvalue weighted by Gasteiger charge is -2.14. The van der Waals surface area contributed by atoms with Crippen molar-refractivity contribution in [2.24, 2.45) is 4.99 Å². The molecule has 58 valence electrons. The molecule has 0 saturated heterocycles. The molecule has 0 amide bonds. The quantitative estimate of drug-likeness (QED) is 0.538. The predicted molar refractivity (Wildman–Crippen MR) is 39.9 cm³/mol. The maximum Gasteiger partial charge on any atom is 0.0993 e. The van der Waals surface area contributed by atoms with Crippen LogP contribution in [-0.4, -0.2) is 44.7 Å². The van der Waals surface area contributed by atoms with Crippen molar-refractivity contribution in [3.63, 3.8) is 0 Å². The molecule has 0 saturated carbocycles. The fourth-order valence-corrected chi connectivity index (χ4v) is 0.791. The van der Waals surface area contributed by atoms with E-state index in [1.807, 2.05) is 11.3 Å². The van der Waals surface area contributed by atoms with Crippen LogP contribution in [-0.2, 0) is 4.74 Å². The Morgan fingerprint density at radius 1 is 1.80 bits per heavy atom. The average Bonchev–Trinajstić information content (AvgIpc) is 2.41. The maximum absolute atomic E-state index is 4.87. The van der Waals surface area contributed by atoms with Crippen molar-refractivity contribution in [2.45, 2.75) is 0 Å². The van der Waals surface area contributed by atoms with E-state index in [4.69, 9.17) is 4.74 Å². The third kappa shape index (κ3) is 2.33. The molecule has 0 bridgehead atoms. The summed E-state index contributed by atoms with van der Waals surface area (Å²) in [5.41, 5.74) is 3.14. The first-order valence-electron chi connectivity index (χ1n) is 3.42. The molecule has 1 rings (SSSR count). The summed E-state index contributed by atoms with van der Waals surface area (Å²) >= 11 is 0. The Kier molecular flexibility index (Phi) is 3.18. The van der Waals surface area contributed by atoms with Crippen molar-refractivity contribution < 1.29 is 4.74 Å². The van der Waals surface area contributed by atoms with Crippen molar-refractivity contribution in [2.75, 3.05) is 33.4 Å². The van der Waals surface area contributed by atoms with Gasteiger partial charge in [0.1, 0.15) is 0 Å². The number of hydrogen-bond acceptors (Lipinski definition) is 4. The Morgan fingerprint density at radius 2 is 2.70 bits per heavy atom. The number of nitrogens with zero attached hydrogens (tertiary/aromatic N) is 2. The summed E-state index contributed by atoms with van der Waals surface area (Å²) < 4.78 is 4.87. The Bertz CT molecular complexity index is 116. The molecule has 1 aliphatic heterocycles. The van der Waals surface area contributed by atoms with E-state index in [9.17, 15) is 0 Å². The fraction of sp³-hybridized carbons (Fsp3) is 0.833. The van der Waals surface area contributed by atoms with Crippen LogP contribution >= 0.6 is 0 Å². The second-order valence-electron chi connectivity index (χ2n) is 2.12. The first-order valence-corrected chi connectivity index (χ1v) is 3.42. The molecule has 0 radical (unpaired) electrons. The topological polar surface area (TPSA) is 36.9 Å². The minimum absolute atomic E-state index is 0.740. The van der Waals surface area contributed by atoms with Crippen LogP contribution in [0.4, 0.5) is 0 Å². The summed E-state index contributed by atoms with van der Waals surface area (Å²) in [4.78, 5) is 4.04. The van der Waals surface area contributed by atoms with Crippen molar-refractivity contribution in [3.8, 4) is 0 Å². The Morgan fingerprint density at radius 3 is 3.30 bits per heavy atom.